The Morgan fingerprint density at radius 2 is 1.66 bits per heavy atom. The number of nitrogens with zero attached hydrogens (tertiary/aromatic N) is 9. The topological polar surface area (TPSA) is 183 Å². The Kier molecular flexibility index (Phi) is 11.6. The van der Waals surface area contributed by atoms with Crippen LogP contribution in [0.3, 0.4) is 0 Å². The molecule has 334 valence electrons. The summed E-state index contributed by atoms with van der Waals surface area (Å²) >= 11 is 0. The molecule has 16 nitrogen and oxygen atoms in total. The van der Waals surface area contributed by atoms with Gasteiger partial charge >= 0.3 is 17.8 Å². The monoisotopic (exact) mass is 866 g/mol. The molecule has 3 aliphatic heterocycles. The molecule has 64 heavy (non-hydrogen) atoms. The number of imide groups is 1. The van der Waals surface area contributed by atoms with E-state index in [0.717, 1.165) is 120 Å². The number of carbonyl (C=O) groups excluding carboxylic acids is 3. The van der Waals surface area contributed by atoms with Crippen LogP contribution >= 0.6 is 0 Å². The zero-order chi connectivity index (χ0) is 44.9. The van der Waals surface area contributed by atoms with Crippen LogP contribution in [-0.4, -0.2) is 96.9 Å². The maximum absolute atomic E-state index is 13.0. The maximum Gasteiger partial charge on any atom is 0.328 e. The van der Waals surface area contributed by atoms with Gasteiger partial charge in [-0.25, -0.2) is 14.8 Å². The lowest BCUT2D eigenvalue weighted by atomic mass is 9.94. The Labute approximate surface area is 373 Å². The standard InChI is InChI=1S/C48H58N12O4/c1-28-24-33(8-13-37(28)29(2)51-44(62)45-54-46(56-64-45)48(5,6)7)42-38-25-39(52-43(38)50-27-49-42)41-30(3)55-60(31(41)4)36-16-19-57(20-17-36)26-32-14-21-58(22-15-32)34-9-11-35(12-10-34)59-23-18-40(61)53-47(59)63/h8-13,24-25,27,29,32,36H,14-23,26H2,1-7H3,(H,51,62)(H,49,50,52)(H,53,61,63)/t29-/m1/s1. The molecule has 0 spiro atoms. The largest absolute Gasteiger partial charge is 0.372 e. The SMILES string of the molecule is Cc1cc(-c2ncnc3[nH]c(-c4c(C)nn(C5CCN(CC6CCN(c7ccc(N8CCC(=O)NC8=O)cc7)CC6)CC5)c4C)cc23)ccc1[C@@H](C)NC(=O)c1nc(C(C)(C)C)no1. The number of likely N-dealkylation sites (tertiary alicyclic amines) is 1. The highest BCUT2D eigenvalue weighted by atomic mass is 16.5. The first-order valence-corrected chi connectivity index (χ1v) is 22.5. The van der Waals surface area contributed by atoms with Crippen LogP contribution in [-0.2, 0) is 10.2 Å². The van der Waals surface area contributed by atoms with Crippen LogP contribution in [0.15, 0.2) is 59.4 Å². The Hall–Kier alpha value is -6.42. The number of carbonyl (C=O) groups is 3. The van der Waals surface area contributed by atoms with Gasteiger partial charge < -0.3 is 24.6 Å². The molecule has 16 heteroatoms. The van der Waals surface area contributed by atoms with Crippen molar-refractivity contribution in [3.8, 4) is 22.5 Å². The van der Waals surface area contributed by atoms with Gasteiger partial charge in [0.1, 0.15) is 12.0 Å². The molecule has 4 aromatic heterocycles. The summed E-state index contributed by atoms with van der Waals surface area (Å²) in [4.78, 5) is 60.8. The second kappa shape index (κ2) is 17.3. The van der Waals surface area contributed by atoms with Crippen LogP contribution < -0.4 is 20.4 Å². The van der Waals surface area contributed by atoms with Crippen LogP contribution in [0.2, 0.25) is 0 Å². The minimum atomic E-state index is -0.408. The van der Waals surface area contributed by atoms with Gasteiger partial charge in [0.05, 0.1) is 29.2 Å². The Morgan fingerprint density at radius 1 is 0.922 bits per heavy atom. The molecule has 0 saturated carbocycles. The van der Waals surface area contributed by atoms with E-state index in [-0.39, 0.29) is 29.3 Å². The molecule has 6 aromatic rings. The lowest BCUT2D eigenvalue weighted by Gasteiger charge is -2.38. The van der Waals surface area contributed by atoms with Crippen LogP contribution in [0.4, 0.5) is 16.2 Å². The summed E-state index contributed by atoms with van der Waals surface area (Å²) in [5.41, 5.74) is 10.4. The molecule has 0 bridgehead atoms. The first-order valence-electron chi connectivity index (χ1n) is 22.5. The molecule has 0 unspecified atom stereocenters. The zero-order valence-corrected chi connectivity index (χ0v) is 37.9. The molecule has 0 radical (unpaired) electrons. The number of benzene rings is 2. The van der Waals surface area contributed by atoms with Gasteiger partial charge in [-0.2, -0.15) is 10.1 Å². The molecule has 4 amide bonds. The van der Waals surface area contributed by atoms with Crippen molar-refractivity contribution in [1.29, 1.82) is 0 Å². The lowest BCUT2D eigenvalue weighted by Crippen LogP contribution is -2.49. The number of hydrogen-bond donors (Lipinski definition) is 3. The van der Waals surface area contributed by atoms with Gasteiger partial charge in [-0.3, -0.25) is 24.5 Å². The molecule has 1 atom stereocenters. The number of nitrogens with one attached hydrogen (secondary N) is 3. The number of fused-ring (bicyclic) bond motifs is 1. The third-order valence-electron chi connectivity index (χ3n) is 13.3. The van der Waals surface area contributed by atoms with Gasteiger partial charge in [0, 0.05) is 84.7 Å². The smallest absolute Gasteiger partial charge is 0.328 e. The summed E-state index contributed by atoms with van der Waals surface area (Å²) in [6, 6.07) is 16.2. The van der Waals surface area contributed by atoms with Gasteiger partial charge in [-0.15, -0.1) is 0 Å². The summed E-state index contributed by atoms with van der Waals surface area (Å²) in [7, 11) is 0. The van der Waals surface area contributed by atoms with Crippen molar-refractivity contribution in [1.82, 2.24) is 50.4 Å². The Bertz CT molecular complexity index is 2690. The fourth-order valence-electron chi connectivity index (χ4n) is 9.72. The normalized spacial score (nSPS) is 17.6. The molecule has 0 aliphatic carbocycles. The van der Waals surface area contributed by atoms with Crippen LogP contribution in [0, 0.1) is 26.7 Å². The van der Waals surface area contributed by atoms with E-state index in [0.29, 0.717) is 30.7 Å². The highest BCUT2D eigenvalue weighted by Gasteiger charge is 2.30. The van der Waals surface area contributed by atoms with Gasteiger partial charge in [0.2, 0.25) is 5.91 Å². The highest BCUT2D eigenvalue weighted by molar-refractivity contribution is 6.05. The summed E-state index contributed by atoms with van der Waals surface area (Å²) < 4.78 is 7.52. The van der Waals surface area contributed by atoms with Crippen molar-refractivity contribution in [3.63, 3.8) is 0 Å². The average molecular weight is 867 g/mol. The molecule has 3 saturated heterocycles. The summed E-state index contributed by atoms with van der Waals surface area (Å²) in [5.74, 6) is 0.479. The van der Waals surface area contributed by atoms with Crippen molar-refractivity contribution < 1.29 is 18.9 Å². The van der Waals surface area contributed by atoms with Crippen molar-refractivity contribution >= 4 is 40.3 Å². The predicted octanol–water partition coefficient (Wildman–Crippen LogP) is 7.58. The number of aromatic amines is 1. The summed E-state index contributed by atoms with van der Waals surface area (Å²) in [6.07, 6.45) is 6.35. The van der Waals surface area contributed by atoms with Crippen LogP contribution in [0.1, 0.15) is 111 Å². The molecular weight excluding hydrogens is 809 g/mol. The van der Waals surface area contributed by atoms with Gasteiger partial charge in [-0.1, -0.05) is 38.1 Å². The second-order valence-corrected chi connectivity index (χ2v) is 18.8. The third kappa shape index (κ3) is 8.62. The van der Waals surface area contributed by atoms with E-state index in [1.165, 1.54) is 5.69 Å². The molecule has 3 aliphatic rings. The van der Waals surface area contributed by atoms with Crippen LogP contribution in [0.25, 0.3) is 33.5 Å². The van der Waals surface area contributed by atoms with E-state index >= 15 is 0 Å². The van der Waals surface area contributed by atoms with Crippen molar-refractivity contribution in [2.45, 2.75) is 98.1 Å². The third-order valence-corrected chi connectivity index (χ3v) is 13.3. The van der Waals surface area contributed by atoms with E-state index in [2.05, 4.69) is 83.3 Å². The highest BCUT2D eigenvalue weighted by Crippen LogP contribution is 2.36. The Balaban J connectivity index is 0.806. The maximum atomic E-state index is 13.0. The quantitative estimate of drug-likeness (QED) is 0.123. The number of urea groups is 1. The Morgan fingerprint density at radius 3 is 2.34 bits per heavy atom. The first-order chi connectivity index (χ1) is 30.7. The number of rotatable bonds is 10. The van der Waals surface area contributed by atoms with Gasteiger partial charge in [0.25, 0.3) is 0 Å². The number of amides is 4. The number of piperidine rings is 2. The molecule has 9 rings (SSSR count). The van der Waals surface area contributed by atoms with Gasteiger partial charge in [0.15, 0.2) is 5.82 Å². The number of aromatic nitrogens is 7. The summed E-state index contributed by atoms with van der Waals surface area (Å²) in [6.45, 7) is 19.8. The molecule has 3 fully saturated rings. The number of H-pyrrole nitrogens is 1. The zero-order valence-electron chi connectivity index (χ0n) is 37.9. The predicted molar refractivity (Wildman–Crippen MR) is 245 cm³/mol. The van der Waals surface area contributed by atoms with E-state index < -0.39 is 5.91 Å². The number of anilines is 2. The minimum absolute atomic E-state index is 0.0475. The first kappa shape index (κ1) is 42.9. The van der Waals surface area contributed by atoms with E-state index in [1.54, 1.807) is 11.2 Å². The van der Waals surface area contributed by atoms with E-state index in [9.17, 15) is 14.4 Å². The number of hydrogen-bond acceptors (Lipinski definition) is 11. The summed E-state index contributed by atoms with van der Waals surface area (Å²) in [5, 5.41) is 15.5. The lowest BCUT2D eigenvalue weighted by molar-refractivity contribution is -0.120. The fraction of sp³-hybridized carbons (Fsp3) is 0.458. The molecular formula is C48H58N12O4. The minimum Gasteiger partial charge on any atom is -0.372 e. The number of aryl methyl sites for hydroxylation is 2. The molecule has 3 N–H and O–H groups in total. The van der Waals surface area contributed by atoms with E-state index in [4.69, 9.17) is 14.6 Å². The van der Waals surface area contributed by atoms with Crippen molar-refractivity contribution in [2.75, 3.05) is 49.1 Å². The molecule has 2 aromatic carbocycles. The van der Waals surface area contributed by atoms with Crippen molar-refractivity contribution in [2.24, 2.45) is 5.92 Å². The van der Waals surface area contributed by atoms with Crippen molar-refractivity contribution in [3.05, 3.63) is 89.1 Å². The fourth-order valence-corrected chi connectivity index (χ4v) is 9.72. The average Bonchev–Trinajstić information content (AvgIpc) is 4.02. The van der Waals surface area contributed by atoms with E-state index in [1.807, 2.05) is 58.9 Å². The second-order valence-electron chi connectivity index (χ2n) is 18.8. The molecule has 7 heterocycles. The van der Waals surface area contributed by atoms with Gasteiger partial charge in [-0.05, 0) is 107 Å². The van der Waals surface area contributed by atoms with Crippen LogP contribution in [0.5, 0.6) is 0 Å².